The molecule has 1 spiro atoms. The van der Waals surface area contributed by atoms with E-state index in [-0.39, 0.29) is 40.9 Å². The van der Waals surface area contributed by atoms with Crippen LogP contribution in [0.15, 0.2) is 60.1 Å². The first-order valence-corrected chi connectivity index (χ1v) is 12.3. The zero-order valence-electron chi connectivity index (χ0n) is 21.3. The van der Waals surface area contributed by atoms with Gasteiger partial charge in [0.1, 0.15) is 23.0 Å². The molecule has 2 aromatic carbocycles. The van der Waals surface area contributed by atoms with Gasteiger partial charge in [0.25, 0.3) is 0 Å². The standard InChI is InChI=1S/C29H26O9/c1-14(2)26(32)35-17-6-9-20-23(12-17)37-24-13-18(36-27(33)15(3)4)7-10-21(24)29(20)22-11-16(25(30)31)5-8-19(22)28(34)38-29/h5-9,11-15,21H,10H2,1-4H3,(H,30,31). The van der Waals surface area contributed by atoms with Crippen LogP contribution in [-0.4, -0.2) is 29.0 Å². The maximum atomic E-state index is 13.1. The van der Waals surface area contributed by atoms with Crippen LogP contribution in [0.3, 0.4) is 0 Å². The van der Waals surface area contributed by atoms with Crippen molar-refractivity contribution in [1.29, 1.82) is 0 Å². The van der Waals surface area contributed by atoms with Crippen LogP contribution < -0.4 is 9.47 Å². The number of carbonyl (C=O) groups excluding carboxylic acids is 3. The van der Waals surface area contributed by atoms with Crippen LogP contribution >= 0.6 is 0 Å². The number of carboxylic acid groups (broad SMARTS) is 1. The molecule has 0 aromatic heterocycles. The Bertz CT molecular complexity index is 1450. The molecule has 0 saturated heterocycles. The molecule has 38 heavy (non-hydrogen) atoms. The Morgan fingerprint density at radius 1 is 0.974 bits per heavy atom. The first kappa shape index (κ1) is 25.3. The Morgan fingerprint density at radius 3 is 2.37 bits per heavy atom. The maximum absolute atomic E-state index is 13.1. The van der Waals surface area contributed by atoms with E-state index < -0.39 is 35.4 Å². The Morgan fingerprint density at radius 2 is 1.68 bits per heavy atom. The second kappa shape index (κ2) is 9.16. The predicted octanol–water partition coefficient (Wildman–Crippen LogP) is 4.74. The Balaban J connectivity index is 1.67. The van der Waals surface area contributed by atoms with Gasteiger partial charge in [0.05, 0.1) is 28.9 Å². The van der Waals surface area contributed by atoms with Crippen molar-refractivity contribution in [1.82, 2.24) is 0 Å². The Kier molecular flexibility index (Phi) is 6.09. The molecule has 9 heteroatoms. The minimum absolute atomic E-state index is 0.000356. The third-order valence-electron chi connectivity index (χ3n) is 6.77. The van der Waals surface area contributed by atoms with Crippen molar-refractivity contribution >= 4 is 23.9 Å². The first-order chi connectivity index (χ1) is 18.0. The van der Waals surface area contributed by atoms with Gasteiger partial charge in [-0.3, -0.25) is 9.59 Å². The molecule has 5 rings (SSSR count). The molecular weight excluding hydrogens is 492 g/mol. The van der Waals surface area contributed by atoms with Crippen molar-refractivity contribution in [2.75, 3.05) is 0 Å². The molecule has 1 N–H and O–H groups in total. The van der Waals surface area contributed by atoms with Gasteiger partial charge in [0.15, 0.2) is 5.60 Å². The molecule has 2 aromatic rings. The molecule has 2 atom stereocenters. The molecule has 1 aliphatic carbocycles. The summed E-state index contributed by atoms with van der Waals surface area (Å²) in [6, 6.07) is 9.02. The zero-order valence-corrected chi connectivity index (χ0v) is 21.3. The molecule has 0 amide bonds. The van der Waals surface area contributed by atoms with E-state index in [0.29, 0.717) is 22.6 Å². The minimum Gasteiger partial charge on any atom is -0.478 e. The molecular formula is C29H26O9. The molecule has 3 aliphatic rings. The number of esters is 3. The van der Waals surface area contributed by atoms with E-state index in [1.807, 2.05) is 0 Å². The molecule has 0 bridgehead atoms. The zero-order chi connectivity index (χ0) is 27.4. The summed E-state index contributed by atoms with van der Waals surface area (Å²) in [4.78, 5) is 49.3. The minimum atomic E-state index is -1.41. The molecule has 9 nitrogen and oxygen atoms in total. The number of allylic oxidation sites excluding steroid dienone is 2. The van der Waals surface area contributed by atoms with E-state index in [1.54, 1.807) is 52.0 Å². The van der Waals surface area contributed by atoms with Crippen LogP contribution in [0.4, 0.5) is 0 Å². The van der Waals surface area contributed by atoms with Crippen molar-refractivity contribution in [3.05, 3.63) is 82.3 Å². The first-order valence-electron chi connectivity index (χ1n) is 12.3. The van der Waals surface area contributed by atoms with Crippen molar-refractivity contribution in [3.8, 4) is 11.5 Å². The Labute approximate surface area is 218 Å². The van der Waals surface area contributed by atoms with Crippen molar-refractivity contribution in [2.24, 2.45) is 17.8 Å². The number of aromatic carboxylic acids is 1. The van der Waals surface area contributed by atoms with E-state index in [2.05, 4.69) is 0 Å². The predicted molar refractivity (Wildman–Crippen MR) is 132 cm³/mol. The summed E-state index contributed by atoms with van der Waals surface area (Å²) in [5.74, 6) is -2.71. The number of benzene rings is 2. The average molecular weight is 519 g/mol. The van der Waals surface area contributed by atoms with Gasteiger partial charge < -0.3 is 24.1 Å². The lowest BCUT2D eigenvalue weighted by Crippen LogP contribution is -2.43. The van der Waals surface area contributed by atoms with Crippen LogP contribution in [0.25, 0.3) is 0 Å². The molecule has 196 valence electrons. The number of carbonyl (C=O) groups is 4. The fourth-order valence-corrected chi connectivity index (χ4v) is 4.81. The molecule has 0 saturated carbocycles. The third-order valence-corrected chi connectivity index (χ3v) is 6.77. The summed E-state index contributed by atoms with van der Waals surface area (Å²) in [6.07, 6.45) is 3.56. The molecule has 2 heterocycles. The summed E-state index contributed by atoms with van der Waals surface area (Å²) < 4.78 is 23.3. The van der Waals surface area contributed by atoms with Crippen LogP contribution in [-0.2, 0) is 24.7 Å². The van der Waals surface area contributed by atoms with Gasteiger partial charge in [0.2, 0.25) is 0 Å². The molecule has 2 unspecified atom stereocenters. The largest absolute Gasteiger partial charge is 0.478 e. The van der Waals surface area contributed by atoms with E-state index in [4.69, 9.17) is 18.9 Å². The van der Waals surface area contributed by atoms with E-state index >= 15 is 0 Å². The summed E-state index contributed by atoms with van der Waals surface area (Å²) in [7, 11) is 0. The third kappa shape index (κ3) is 4.04. The lowest BCUT2D eigenvalue weighted by molar-refractivity contribution is -0.142. The summed E-state index contributed by atoms with van der Waals surface area (Å²) in [5.41, 5.74) is -0.290. The summed E-state index contributed by atoms with van der Waals surface area (Å²) in [6.45, 7) is 6.87. The number of fused-ring (bicyclic) bond motifs is 6. The average Bonchev–Trinajstić information content (AvgIpc) is 3.15. The SMILES string of the molecule is CC(C)C(=O)OC1=CCC2C(=C1)Oc1cc(OC(=O)C(C)C)ccc1C21OC(=O)c2ccc(C(=O)O)cc21. The van der Waals surface area contributed by atoms with E-state index in [0.717, 1.165) is 0 Å². The highest BCUT2D eigenvalue weighted by atomic mass is 16.6. The van der Waals surface area contributed by atoms with Gasteiger partial charge in [-0.15, -0.1) is 0 Å². The fourth-order valence-electron chi connectivity index (χ4n) is 4.81. The lowest BCUT2D eigenvalue weighted by atomic mass is 9.70. The molecule has 0 fully saturated rings. The summed E-state index contributed by atoms with van der Waals surface area (Å²) >= 11 is 0. The number of ether oxygens (including phenoxy) is 4. The number of hydrogen-bond donors (Lipinski definition) is 1. The monoisotopic (exact) mass is 518 g/mol. The normalized spacial score (nSPS) is 21.0. The molecule has 2 aliphatic heterocycles. The van der Waals surface area contributed by atoms with Gasteiger partial charge in [0, 0.05) is 23.3 Å². The number of carboxylic acids is 1. The summed E-state index contributed by atoms with van der Waals surface area (Å²) in [5, 5.41) is 9.66. The van der Waals surface area contributed by atoms with Gasteiger partial charge in [-0.2, -0.15) is 0 Å². The highest BCUT2D eigenvalue weighted by Crippen LogP contribution is 2.58. The topological polar surface area (TPSA) is 125 Å². The van der Waals surface area contributed by atoms with Gasteiger partial charge >= 0.3 is 23.9 Å². The van der Waals surface area contributed by atoms with Gasteiger partial charge in [-0.1, -0.05) is 27.7 Å². The van der Waals surface area contributed by atoms with Crippen LogP contribution in [0, 0.1) is 17.8 Å². The van der Waals surface area contributed by atoms with E-state index in [9.17, 15) is 24.3 Å². The molecule has 0 radical (unpaired) electrons. The fraction of sp³-hybridized carbons (Fsp3) is 0.310. The number of hydrogen-bond acceptors (Lipinski definition) is 8. The van der Waals surface area contributed by atoms with Crippen LogP contribution in [0.1, 0.15) is 66.0 Å². The van der Waals surface area contributed by atoms with Crippen molar-refractivity contribution in [3.63, 3.8) is 0 Å². The highest BCUT2D eigenvalue weighted by Gasteiger charge is 2.58. The number of rotatable bonds is 5. The van der Waals surface area contributed by atoms with Crippen molar-refractivity contribution < 1.29 is 43.2 Å². The Hall–Kier alpha value is -4.40. The van der Waals surface area contributed by atoms with Gasteiger partial charge in [-0.05, 0) is 42.8 Å². The highest BCUT2D eigenvalue weighted by molar-refractivity contribution is 5.98. The van der Waals surface area contributed by atoms with Crippen molar-refractivity contribution in [2.45, 2.75) is 39.7 Å². The van der Waals surface area contributed by atoms with Crippen LogP contribution in [0.2, 0.25) is 0 Å². The second-order valence-electron chi connectivity index (χ2n) is 10.0. The second-order valence-corrected chi connectivity index (χ2v) is 10.0. The quantitative estimate of drug-likeness (QED) is 0.441. The van der Waals surface area contributed by atoms with E-state index in [1.165, 1.54) is 24.3 Å². The smallest absolute Gasteiger partial charge is 0.339 e. The maximum Gasteiger partial charge on any atom is 0.339 e. The lowest BCUT2D eigenvalue weighted by Gasteiger charge is -2.43. The van der Waals surface area contributed by atoms with Crippen LogP contribution in [0.5, 0.6) is 11.5 Å². The van der Waals surface area contributed by atoms with Gasteiger partial charge in [-0.25, -0.2) is 9.59 Å².